The van der Waals surface area contributed by atoms with E-state index < -0.39 is 8.32 Å². The van der Waals surface area contributed by atoms with Crippen LogP contribution >= 0.6 is 0 Å². The van der Waals surface area contributed by atoms with Crippen molar-refractivity contribution in [2.24, 2.45) is 0 Å². The van der Waals surface area contributed by atoms with Gasteiger partial charge in [0.2, 0.25) is 0 Å². The smallest absolute Gasteiger partial charge is 0.186 e. The van der Waals surface area contributed by atoms with E-state index in [4.69, 9.17) is 24.4 Å². The fraction of sp³-hybridized carbons (Fsp3) is 0.684. The number of nitrogen functional groups attached to an aromatic ring is 1. The first-order chi connectivity index (χ1) is 12.1. The Morgan fingerprint density at radius 2 is 1.59 bits per heavy atom. The van der Waals surface area contributed by atoms with Crippen molar-refractivity contribution in [3.63, 3.8) is 0 Å². The summed E-state index contributed by atoms with van der Waals surface area (Å²) in [7, 11) is 6.15. The number of methoxy groups -OCH3 is 2. The van der Waals surface area contributed by atoms with Crippen LogP contribution in [-0.2, 0) is 4.43 Å². The van der Waals surface area contributed by atoms with E-state index in [1.165, 1.54) is 12.5 Å². The molecule has 0 amide bonds. The van der Waals surface area contributed by atoms with E-state index in [1.54, 1.807) is 26.4 Å². The minimum absolute atomic E-state index is 0. The highest BCUT2D eigenvalue weighted by Gasteiger charge is 2.23. The summed E-state index contributed by atoms with van der Waals surface area (Å²) < 4.78 is 23.3. The fourth-order valence-electron chi connectivity index (χ4n) is 2.92. The highest BCUT2D eigenvalue weighted by atomic mass is 79.9. The molecular formula is C19H37BrN2O4Si. The summed E-state index contributed by atoms with van der Waals surface area (Å²) >= 11 is 0. The first-order valence-electron chi connectivity index (χ1n) is 9.24. The lowest BCUT2D eigenvalue weighted by molar-refractivity contribution is -0.890. The van der Waals surface area contributed by atoms with Gasteiger partial charge >= 0.3 is 0 Å². The summed E-state index contributed by atoms with van der Waals surface area (Å²) in [6.45, 7) is 10.1. The van der Waals surface area contributed by atoms with E-state index in [0.29, 0.717) is 29.5 Å². The van der Waals surface area contributed by atoms with Gasteiger partial charge in [-0.2, -0.15) is 0 Å². The Labute approximate surface area is 176 Å². The molecule has 0 aliphatic heterocycles. The maximum absolute atomic E-state index is 5.97. The zero-order valence-electron chi connectivity index (χ0n) is 17.9. The molecular weight excluding hydrogens is 428 g/mol. The number of halogens is 1. The zero-order valence-corrected chi connectivity index (χ0v) is 20.5. The summed E-state index contributed by atoms with van der Waals surface area (Å²) in [6.07, 6.45) is 1.18. The van der Waals surface area contributed by atoms with Crippen LogP contribution in [0.4, 0.5) is 5.69 Å². The lowest BCUT2D eigenvalue weighted by atomic mass is 10.2. The van der Waals surface area contributed by atoms with Gasteiger partial charge in [-0.3, -0.25) is 0 Å². The zero-order chi connectivity index (χ0) is 19.8. The molecule has 0 bridgehead atoms. The van der Waals surface area contributed by atoms with Crippen LogP contribution < -0.4 is 36.9 Å². The van der Waals surface area contributed by atoms with Crippen molar-refractivity contribution < 1.29 is 40.1 Å². The predicted molar refractivity (Wildman–Crippen MR) is 110 cm³/mol. The van der Waals surface area contributed by atoms with Gasteiger partial charge in [-0.05, 0) is 32.5 Å². The van der Waals surface area contributed by atoms with Gasteiger partial charge in [-0.15, -0.1) is 0 Å². The van der Waals surface area contributed by atoms with Gasteiger partial charge in [0, 0.05) is 18.7 Å². The van der Waals surface area contributed by atoms with Crippen LogP contribution in [0.15, 0.2) is 12.1 Å². The summed E-state index contributed by atoms with van der Waals surface area (Å²) in [6, 6.07) is 4.79. The summed E-state index contributed by atoms with van der Waals surface area (Å²) in [4.78, 5) is 0. The molecule has 0 saturated carbocycles. The molecule has 2 N–H and O–H groups in total. The van der Waals surface area contributed by atoms with Crippen molar-refractivity contribution in [2.45, 2.75) is 32.5 Å². The average molecular weight is 466 g/mol. The molecule has 1 aromatic carbocycles. The van der Waals surface area contributed by atoms with Crippen LogP contribution in [0.2, 0.25) is 19.1 Å². The normalized spacial score (nSPS) is 11.7. The topological polar surface area (TPSA) is 62.9 Å². The van der Waals surface area contributed by atoms with Crippen LogP contribution in [0.25, 0.3) is 0 Å². The molecule has 0 fully saturated rings. The lowest BCUT2D eigenvalue weighted by Crippen LogP contribution is -3.00. The highest BCUT2D eigenvalue weighted by Crippen LogP contribution is 2.36. The third-order valence-corrected chi connectivity index (χ3v) is 7.19. The standard InChI is InChI=1S/C19H37N2O4Si.BrH/c1-8-25-26(6,7)13-9-10-21(2,3)11-12-24-16-14-17(22-4)19(20)18(15-16)23-5;/h14-15H,8-13,20H2,1-7H3;1H/q+1;/p-1. The Kier molecular flexibility index (Phi) is 11.4. The molecule has 0 aromatic heterocycles. The first kappa shape index (κ1) is 26.0. The Hall–Kier alpha value is -0.963. The molecule has 0 aliphatic rings. The second kappa shape index (κ2) is 11.8. The van der Waals surface area contributed by atoms with Crippen LogP contribution in [0, 0.1) is 0 Å². The van der Waals surface area contributed by atoms with Crippen molar-refractivity contribution in [3.05, 3.63) is 12.1 Å². The molecule has 8 heteroatoms. The first-order valence-corrected chi connectivity index (χ1v) is 12.4. The number of benzene rings is 1. The van der Waals surface area contributed by atoms with Crippen LogP contribution in [0.1, 0.15) is 13.3 Å². The maximum atomic E-state index is 5.97. The number of quaternary nitrogens is 1. The van der Waals surface area contributed by atoms with Crippen molar-refractivity contribution in [1.82, 2.24) is 0 Å². The fourth-order valence-corrected chi connectivity index (χ4v) is 4.85. The Balaban J connectivity index is 0.00000676. The van der Waals surface area contributed by atoms with Crippen molar-refractivity contribution >= 4 is 14.0 Å². The van der Waals surface area contributed by atoms with E-state index in [1.807, 2.05) is 0 Å². The Bertz CT molecular complexity index is 546. The molecule has 0 spiro atoms. The number of likely N-dealkylation sites (N-methyl/N-ethyl adjacent to an activating group) is 1. The molecule has 0 radical (unpaired) electrons. The summed E-state index contributed by atoms with van der Waals surface area (Å²) in [5.74, 6) is 1.84. The minimum atomic E-state index is -1.49. The molecule has 158 valence electrons. The molecule has 6 nitrogen and oxygen atoms in total. The van der Waals surface area contributed by atoms with Gasteiger partial charge in [-0.25, -0.2) is 0 Å². The Morgan fingerprint density at radius 3 is 2.07 bits per heavy atom. The van der Waals surface area contributed by atoms with Crippen molar-refractivity contribution in [2.75, 3.05) is 60.4 Å². The third kappa shape index (κ3) is 9.18. The number of anilines is 1. The summed E-state index contributed by atoms with van der Waals surface area (Å²) in [5, 5.41) is 0. The third-order valence-electron chi connectivity index (χ3n) is 4.56. The average Bonchev–Trinajstić information content (AvgIpc) is 2.55. The van der Waals surface area contributed by atoms with E-state index in [9.17, 15) is 0 Å². The number of nitrogens with two attached hydrogens (primary N) is 1. The maximum Gasteiger partial charge on any atom is 0.186 e. The molecule has 0 saturated heterocycles. The van der Waals surface area contributed by atoms with Crippen molar-refractivity contribution in [3.8, 4) is 17.2 Å². The largest absolute Gasteiger partial charge is 1.00 e. The number of hydrogen-bond donors (Lipinski definition) is 1. The monoisotopic (exact) mass is 464 g/mol. The quantitative estimate of drug-likeness (QED) is 0.275. The second-order valence-corrected chi connectivity index (χ2v) is 12.1. The van der Waals surface area contributed by atoms with E-state index >= 15 is 0 Å². The number of rotatable bonds is 12. The Morgan fingerprint density at radius 1 is 1.04 bits per heavy atom. The van der Waals surface area contributed by atoms with Gasteiger partial charge in [0.15, 0.2) is 8.32 Å². The lowest BCUT2D eigenvalue weighted by Gasteiger charge is -2.31. The van der Waals surface area contributed by atoms with Gasteiger partial charge < -0.3 is 45.8 Å². The van der Waals surface area contributed by atoms with Gasteiger partial charge in [0.25, 0.3) is 0 Å². The van der Waals surface area contributed by atoms with Crippen molar-refractivity contribution in [1.29, 1.82) is 0 Å². The van der Waals surface area contributed by atoms with E-state index in [-0.39, 0.29) is 17.0 Å². The number of nitrogens with zero attached hydrogens (tertiary/aromatic N) is 1. The van der Waals surface area contributed by atoms with Gasteiger partial charge in [0.05, 0.1) is 34.9 Å². The van der Waals surface area contributed by atoms with E-state index in [0.717, 1.165) is 24.2 Å². The molecule has 0 unspecified atom stereocenters. The highest BCUT2D eigenvalue weighted by molar-refractivity contribution is 6.71. The van der Waals surface area contributed by atoms with E-state index in [2.05, 4.69) is 34.1 Å². The van der Waals surface area contributed by atoms with Gasteiger partial charge in [-0.1, -0.05) is 0 Å². The van der Waals surface area contributed by atoms with Crippen LogP contribution in [-0.4, -0.2) is 67.4 Å². The number of hydrogen-bond acceptors (Lipinski definition) is 5. The molecule has 27 heavy (non-hydrogen) atoms. The molecule has 0 atom stereocenters. The molecule has 1 aromatic rings. The molecule has 0 heterocycles. The summed E-state index contributed by atoms with van der Waals surface area (Å²) in [5.41, 5.74) is 6.45. The molecule has 0 aliphatic carbocycles. The van der Waals surface area contributed by atoms with Crippen LogP contribution in [0.5, 0.6) is 17.2 Å². The minimum Gasteiger partial charge on any atom is -1.00 e. The van der Waals surface area contributed by atoms with Crippen LogP contribution in [0.3, 0.4) is 0 Å². The second-order valence-electron chi connectivity index (χ2n) is 7.77. The van der Waals surface area contributed by atoms with Gasteiger partial charge in [0.1, 0.15) is 36.1 Å². The molecule has 1 rings (SSSR count). The SMILES string of the molecule is CCO[Si](C)(C)CCC[N+](C)(C)CCOc1cc(OC)c(N)c(OC)c1.[Br-]. The number of ether oxygens (including phenoxy) is 3. The predicted octanol–water partition coefficient (Wildman–Crippen LogP) is 0.377.